The normalized spacial score (nSPS) is 18.5. The minimum absolute atomic E-state index is 0.0786. The third-order valence-electron chi connectivity index (χ3n) is 6.72. The van der Waals surface area contributed by atoms with E-state index in [0.717, 1.165) is 31.7 Å². The molecule has 0 bridgehead atoms. The van der Waals surface area contributed by atoms with Gasteiger partial charge in [0, 0.05) is 19.0 Å². The largest absolute Gasteiger partial charge is 0.494 e. The Bertz CT molecular complexity index is 1310. The van der Waals surface area contributed by atoms with Gasteiger partial charge in [0.05, 0.1) is 31.9 Å². The van der Waals surface area contributed by atoms with Crippen LogP contribution in [0, 0.1) is 5.82 Å². The van der Waals surface area contributed by atoms with Crippen LogP contribution in [0.2, 0.25) is 0 Å². The van der Waals surface area contributed by atoms with Crippen LogP contribution in [0.25, 0.3) is 5.69 Å². The third-order valence-corrected chi connectivity index (χ3v) is 8.45. The summed E-state index contributed by atoms with van der Waals surface area (Å²) in [5.41, 5.74) is 0.539. The fourth-order valence-electron chi connectivity index (χ4n) is 4.62. The summed E-state index contributed by atoms with van der Waals surface area (Å²) in [6.07, 6.45) is 6.18. The van der Waals surface area contributed by atoms with Crippen molar-refractivity contribution in [3.63, 3.8) is 0 Å². The summed E-state index contributed by atoms with van der Waals surface area (Å²) < 4.78 is 55.9. The number of sulfonamides is 1. The van der Waals surface area contributed by atoms with Crippen LogP contribution in [-0.2, 0) is 10.0 Å². The summed E-state index contributed by atoms with van der Waals surface area (Å²) in [6, 6.07) is 5.36. The second kappa shape index (κ2) is 9.88. The first-order chi connectivity index (χ1) is 17.4. The molecule has 0 spiro atoms. The van der Waals surface area contributed by atoms with E-state index in [1.165, 1.54) is 0 Å². The maximum Gasteiger partial charge on any atom is 0.243 e. The van der Waals surface area contributed by atoms with E-state index < -0.39 is 21.1 Å². The molecule has 3 aromatic rings. The molecule has 1 aliphatic carbocycles. The highest BCUT2D eigenvalue weighted by atomic mass is 32.2. The summed E-state index contributed by atoms with van der Waals surface area (Å²) in [5, 5.41) is 7.87. The average molecular weight is 518 g/mol. The molecule has 2 aromatic heterocycles. The SMILES string of the molecule is COc1cccc(OC)c1-n1c(NS(=O)(=O)C2CCCN(c3ncc(F)cn3)C2)nnc1C1CCC1. The number of ether oxygens (including phenoxy) is 2. The van der Waals surface area contributed by atoms with E-state index in [2.05, 4.69) is 24.9 Å². The number of aromatic nitrogens is 5. The minimum Gasteiger partial charge on any atom is -0.494 e. The lowest BCUT2D eigenvalue weighted by Gasteiger charge is -2.32. The number of benzene rings is 1. The van der Waals surface area contributed by atoms with Crippen LogP contribution in [-0.4, -0.2) is 65.7 Å². The average Bonchev–Trinajstić information content (AvgIpc) is 3.24. The molecule has 1 atom stereocenters. The summed E-state index contributed by atoms with van der Waals surface area (Å²) in [6.45, 7) is 0.751. The molecule has 13 heteroatoms. The summed E-state index contributed by atoms with van der Waals surface area (Å²) in [4.78, 5) is 9.76. The maximum absolute atomic E-state index is 13.6. The number of halogens is 1. The predicted molar refractivity (Wildman–Crippen MR) is 131 cm³/mol. The van der Waals surface area contributed by atoms with E-state index in [9.17, 15) is 12.8 Å². The summed E-state index contributed by atoms with van der Waals surface area (Å²) in [7, 11) is -0.792. The van der Waals surface area contributed by atoms with Crippen LogP contribution in [0.3, 0.4) is 0 Å². The number of hydrogen-bond donors (Lipinski definition) is 1. The lowest BCUT2D eigenvalue weighted by atomic mass is 9.85. The van der Waals surface area contributed by atoms with Crippen LogP contribution in [0.1, 0.15) is 43.8 Å². The van der Waals surface area contributed by atoms with Crippen molar-refractivity contribution in [2.75, 3.05) is 36.9 Å². The van der Waals surface area contributed by atoms with Crippen molar-refractivity contribution in [2.24, 2.45) is 0 Å². The van der Waals surface area contributed by atoms with Gasteiger partial charge in [-0.25, -0.2) is 22.8 Å². The van der Waals surface area contributed by atoms with E-state index in [0.29, 0.717) is 48.3 Å². The third kappa shape index (κ3) is 4.54. The zero-order valence-corrected chi connectivity index (χ0v) is 20.9. The van der Waals surface area contributed by atoms with Gasteiger partial charge in [-0.3, -0.25) is 9.29 Å². The number of rotatable bonds is 8. The topological polar surface area (TPSA) is 124 Å². The molecule has 0 radical (unpaired) electrons. The van der Waals surface area contributed by atoms with Crippen molar-refractivity contribution in [2.45, 2.75) is 43.3 Å². The first-order valence-corrected chi connectivity index (χ1v) is 13.4. The molecular formula is C23H28FN7O4S. The quantitative estimate of drug-likeness (QED) is 0.480. The highest BCUT2D eigenvalue weighted by Gasteiger charge is 2.35. The molecule has 11 nitrogen and oxygen atoms in total. The fourth-order valence-corrected chi connectivity index (χ4v) is 6.02. The molecule has 3 heterocycles. The summed E-state index contributed by atoms with van der Waals surface area (Å²) in [5.74, 6) is 1.66. The molecule has 0 amide bonds. The Labute approximate surface area is 208 Å². The number of para-hydroxylation sites is 1. The van der Waals surface area contributed by atoms with Gasteiger partial charge in [-0.05, 0) is 37.8 Å². The second-order valence-corrected chi connectivity index (χ2v) is 10.9. The van der Waals surface area contributed by atoms with Gasteiger partial charge < -0.3 is 14.4 Å². The first-order valence-electron chi connectivity index (χ1n) is 11.8. The number of anilines is 2. The minimum atomic E-state index is -3.88. The number of nitrogens with zero attached hydrogens (tertiary/aromatic N) is 6. The van der Waals surface area contributed by atoms with Crippen molar-refractivity contribution < 1.29 is 22.3 Å². The van der Waals surface area contributed by atoms with Gasteiger partial charge in [0.1, 0.15) is 23.0 Å². The standard InChI is InChI=1S/C23H28FN7O4S/c1-34-18-9-4-10-19(35-2)20(18)31-21(15-6-3-7-15)27-28-23(31)29-36(32,33)17-8-5-11-30(14-17)22-25-12-16(24)13-26-22/h4,9-10,12-13,15,17H,3,5-8,11,14H2,1-2H3,(H,28,29). The van der Waals surface area contributed by atoms with Gasteiger partial charge in [-0.1, -0.05) is 12.5 Å². The monoisotopic (exact) mass is 517 g/mol. The predicted octanol–water partition coefficient (Wildman–Crippen LogP) is 2.89. The van der Waals surface area contributed by atoms with Crippen LogP contribution in [0.4, 0.5) is 16.3 Å². The van der Waals surface area contributed by atoms with Gasteiger partial charge in [0.15, 0.2) is 5.82 Å². The Morgan fingerprint density at radius 1 is 1.03 bits per heavy atom. The molecule has 192 valence electrons. The van der Waals surface area contributed by atoms with Crippen LogP contribution >= 0.6 is 0 Å². The molecule has 1 N–H and O–H groups in total. The van der Waals surface area contributed by atoms with E-state index in [-0.39, 0.29) is 18.4 Å². The highest BCUT2D eigenvalue weighted by molar-refractivity contribution is 7.93. The van der Waals surface area contributed by atoms with Crippen LogP contribution in [0.15, 0.2) is 30.6 Å². The molecule has 1 saturated carbocycles. The second-order valence-electron chi connectivity index (χ2n) is 8.91. The molecule has 1 aliphatic heterocycles. The van der Waals surface area contributed by atoms with Gasteiger partial charge in [-0.2, -0.15) is 0 Å². The molecule has 1 unspecified atom stereocenters. The van der Waals surface area contributed by atoms with E-state index in [1.54, 1.807) is 41.9 Å². The fraction of sp³-hybridized carbons (Fsp3) is 0.478. The van der Waals surface area contributed by atoms with E-state index in [1.807, 2.05) is 0 Å². The maximum atomic E-state index is 13.6. The Balaban J connectivity index is 1.48. The van der Waals surface area contributed by atoms with E-state index >= 15 is 0 Å². The van der Waals surface area contributed by atoms with Crippen molar-refractivity contribution in [3.8, 4) is 17.2 Å². The van der Waals surface area contributed by atoms with Gasteiger partial charge in [-0.15, -0.1) is 10.2 Å². The Hall–Kier alpha value is -3.48. The molecule has 5 rings (SSSR count). The van der Waals surface area contributed by atoms with Crippen molar-refractivity contribution in [1.82, 2.24) is 24.7 Å². The van der Waals surface area contributed by atoms with Crippen molar-refractivity contribution in [3.05, 3.63) is 42.2 Å². The number of methoxy groups -OCH3 is 2. The molecular weight excluding hydrogens is 489 g/mol. The number of piperidine rings is 1. The van der Waals surface area contributed by atoms with Crippen LogP contribution in [0.5, 0.6) is 11.5 Å². The molecule has 1 aromatic carbocycles. The highest BCUT2D eigenvalue weighted by Crippen LogP contribution is 2.41. The smallest absolute Gasteiger partial charge is 0.243 e. The Morgan fingerprint density at radius 3 is 2.33 bits per heavy atom. The Morgan fingerprint density at radius 2 is 1.72 bits per heavy atom. The van der Waals surface area contributed by atoms with Gasteiger partial charge >= 0.3 is 0 Å². The molecule has 1 saturated heterocycles. The van der Waals surface area contributed by atoms with Gasteiger partial charge in [0.25, 0.3) is 0 Å². The molecule has 2 fully saturated rings. The lowest BCUT2D eigenvalue weighted by molar-refractivity contribution is 0.379. The zero-order valence-electron chi connectivity index (χ0n) is 20.1. The molecule has 2 aliphatic rings. The van der Waals surface area contributed by atoms with Crippen molar-refractivity contribution in [1.29, 1.82) is 0 Å². The first kappa shape index (κ1) is 24.2. The van der Waals surface area contributed by atoms with Crippen molar-refractivity contribution >= 4 is 21.9 Å². The summed E-state index contributed by atoms with van der Waals surface area (Å²) >= 11 is 0. The van der Waals surface area contributed by atoms with E-state index in [4.69, 9.17) is 9.47 Å². The molecule has 36 heavy (non-hydrogen) atoms. The lowest BCUT2D eigenvalue weighted by Crippen LogP contribution is -2.45. The zero-order chi connectivity index (χ0) is 25.3. The number of hydrogen-bond acceptors (Lipinski definition) is 9. The van der Waals surface area contributed by atoms with Crippen LogP contribution < -0.4 is 19.1 Å². The Kier molecular flexibility index (Phi) is 6.65. The van der Waals surface area contributed by atoms with Gasteiger partial charge in [0.2, 0.25) is 21.9 Å². The number of nitrogens with one attached hydrogen (secondary N) is 1.